The number of hydrogen-bond acceptors (Lipinski definition) is 7. The molecule has 0 spiro atoms. The SMILES string of the molecule is CCCCSC(SCCCC)c1cnc(SCn2cnc3ccc(Cl)cc3c2=O)nc1. The normalized spacial score (nSPS) is 11.5. The number of aromatic nitrogens is 4. The van der Waals surface area contributed by atoms with Gasteiger partial charge in [-0.25, -0.2) is 15.0 Å². The second-order valence-electron chi connectivity index (χ2n) is 7.03. The fraction of sp³-hybridized carbons (Fsp3) is 0.455. The van der Waals surface area contributed by atoms with E-state index in [1.54, 1.807) is 29.1 Å². The molecular weight excluding hydrogens is 468 g/mol. The minimum atomic E-state index is -0.115. The summed E-state index contributed by atoms with van der Waals surface area (Å²) in [5, 5.41) is 1.69. The quantitative estimate of drug-likeness (QED) is 0.121. The van der Waals surface area contributed by atoms with E-state index in [1.807, 2.05) is 35.9 Å². The van der Waals surface area contributed by atoms with Crippen LogP contribution in [0.4, 0.5) is 0 Å². The molecule has 2 aromatic heterocycles. The first-order valence-corrected chi connectivity index (χ1v) is 13.9. The minimum absolute atomic E-state index is 0.115. The molecule has 0 saturated carbocycles. The topological polar surface area (TPSA) is 60.7 Å². The summed E-state index contributed by atoms with van der Waals surface area (Å²) in [6, 6.07) is 5.15. The van der Waals surface area contributed by atoms with Crippen LogP contribution in [0.3, 0.4) is 0 Å². The second kappa shape index (κ2) is 12.7. The van der Waals surface area contributed by atoms with E-state index in [0.29, 0.717) is 31.5 Å². The summed E-state index contributed by atoms with van der Waals surface area (Å²) in [4.78, 5) is 26.1. The summed E-state index contributed by atoms with van der Waals surface area (Å²) in [5.41, 5.74) is 1.69. The smallest absolute Gasteiger partial charge is 0.261 e. The van der Waals surface area contributed by atoms with E-state index in [4.69, 9.17) is 11.6 Å². The average molecular weight is 495 g/mol. The Morgan fingerprint density at radius 1 is 1.03 bits per heavy atom. The van der Waals surface area contributed by atoms with Crippen LogP contribution >= 0.6 is 46.9 Å². The van der Waals surface area contributed by atoms with Crippen LogP contribution in [-0.4, -0.2) is 31.0 Å². The van der Waals surface area contributed by atoms with E-state index in [1.165, 1.54) is 37.4 Å². The van der Waals surface area contributed by atoms with E-state index >= 15 is 0 Å². The highest BCUT2D eigenvalue weighted by molar-refractivity contribution is 8.16. The standard InChI is InChI=1S/C22H27ClN4OS3/c1-3-5-9-29-21(30-10-6-4-2)16-12-24-22(25-13-16)31-15-27-14-26-19-8-7-17(23)11-18(19)20(27)28/h7-8,11-14,21H,3-6,9-10,15H2,1-2H3. The molecule has 3 rings (SSSR count). The maximum Gasteiger partial charge on any atom is 0.261 e. The summed E-state index contributed by atoms with van der Waals surface area (Å²) in [6.45, 7) is 4.44. The van der Waals surface area contributed by atoms with E-state index in [0.717, 1.165) is 17.1 Å². The second-order valence-corrected chi connectivity index (χ2v) is 11.1. The van der Waals surface area contributed by atoms with Gasteiger partial charge in [0, 0.05) is 23.0 Å². The molecule has 3 aromatic rings. The molecule has 0 unspecified atom stereocenters. The lowest BCUT2D eigenvalue weighted by Gasteiger charge is -2.16. The molecule has 2 heterocycles. The molecule has 0 radical (unpaired) electrons. The van der Waals surface area contributed by atoms with Crippen LogP contribution in [0.5, 0.6) is 0 Å². The highest BCUT2D eigenvalue weighted by Crippen LogP contribution is 2.40. The molecule has 0 saturated heterocycles. The summed E-state index contributed by atoms with van der Waals surface area (Å²) < 4.78 is 1.93. The Hall–Kier alpha value is -1.22. The highest BCUT2D eigenvalue weighted by Gasteiger charge is 2.14. The summed E-state index contributed by atoms with van der Waals surface area (Å²) in [7, 11) is 0. The van der Waals surface area contributed by atoms with Gasteiger partial charge in [-0.2, -0.15) is 0 Å². The number of fused-ring (bicyclic) bond motifs is 1. The average Bonchev–Trinajstić information content (AvgIpc) is 2.79. The molecule has 0 fully saturated rings. The van der Waals surface area contributed by atoms with Crippen LogP contribution in [0.1, 0.15) is 49.7 Å². The maximum absolute atomic E-state index is 12.7. The number of nitrogens with zero attached hydrogens (tertiary/aromatic N) is 4. The van der Waals surface area contributed by atoms with Crippen LogP contribution in [0.25, 0.3) is 10.9 Å². The fourth-order valence-corrected chi connectivity index (χ4v) is 6.58. The van der Waals surface area contributed by atoms with Gasteiger partial charge in [-0.1, -0.05) is 50.1 Å². The van der Waals surface area contributed by atoms with Crippen molar-refractivity contribution >= 4 is 57.8 Å². The van der Waals surface area contributed by atoms with Gasteiger partial charge in [-0.15, -0.1) is 23.5 Å². The number of benzene rings is 1. The number of thioether (sulfide) groups is 3. The highest BCUT2D eigenvalue weighted by atomic mass is 35.5. The molecular formula is C22H27ClN4OS3. The summed E-state index contributed by atoms with van der Waals surface area (Å²) in [5.74, 6) is 2.70. The van der Waals surface area contributed by atoms with Gasteiger partial charge >= 0.3 is 0 Å². The maximum atomic E-state index is 12.7. The molecule has 1 aromatic carbocycles. The zero-order valence-electron chi connectivity index (χ0n) is 17.8. The van der Waals surface area contributed by atoms with Gasteiger partial charge in [0.15, 0.2) is 5.16 Å². The zero-order chi connectivity index (χ0) is 22.1. The first kappa shape index (κ1) is 24.4. The van der Waals surface area contributed by atoms with Crippen molar-refractivity contribution < 1.29 is 0 Å². The Morgan fingerprint density at radius 2 is 1.71 bits per heavy atom. The first-order valence-electron chi connectivity index (χ1n) is 10.4. The number of unbranched alkanes of at least 4 members (excludes halogenated alkanes) is 2. The lowest BCUT2D eigenvalue weighted by atomic mass is 10.2. The number of halogens is 1. The molecule has 0 amide bonds. The lowest BCUT2D eigenvalue weighted by molar-refractivity contribution is 0.816. The molecule has 0 aliphatic carbocycles. The van der Waals surface area contributed by atoms with E-state index in [-0.39, 0.29) is 5.56 Å². The third-order valence-electron chi connectivity index (χ3n) is 4.57. The molecule has 31 heavy (non-hydrogen) atoms. The van der Waals surface area contributed by atoms with Crippen molar-refractivity contribution in [2.75, 3.05) is 11.5 Å². The van der Waals surface area contributed by atoms with Crippen LogP contribution in [0.15, 0.2) is 46.9 Å². The number of hydrogen-bond donors (Lipinski definition) is 0. The fourth-order valence-electron chi connectivity index (χ4n) is 2.78. The molecule has 5 nitrogen and oxygen atoms in total. The zero-order valence-corrected chi connectivity index (χ0v) is 21.0. The van der Waals surface area contributed by atoms with E-state index in [2.05, 4.69) is 28.8 Å². The lowest BCUT2D eigenvalue weighted by Crippen LogP contribution is -2.19. The van der Waals surface area contributed by atoms with Gasteiger partial charge in [0.05, 0.1) is 27.7 Å². The van der Waals surface area contributed by atoms with Crippen LogP contribution < -0.4 is 5.56 Å². The van der Waals surface area contributed by atoms with Crippen molar-refractivity contribution in [1.29, 1.82) is 0 Å². The summed E-state index contributed by atoms with van der Waals surface area (Å²) in [6.07, 6.45) is 10.3. The molecule has 0 atom stereocenters. The van der Waals surface area contributed by atoms with Crippen LogP contribution in [-0.2, 0) is 5.88 Å². The van der Waals surface area contributed by atoms with Crippen LogP contribution in [0, 0.1) is 0 Å². The van der Waals surface area contributed by atoms with Crippen molar-refractivity contribution in [3.8, 4) is 0 Å². The summed E-state index contributed by atoms with van der Waals surface area (Å²) >= 11 is 11.4. The van der Waals surface area contributed by atoms with Crippen molar-refractivity contribution in [2.24, 2.45) is 0 Å². The van der Waals surface area contributed by atoms with Gasteiger partial charge in [0.2, 0.25) is 0 Å². The van der Waals surface area contributed by atoms with Gasteiger partial charge in [0.1, 0.15) is 0 Å². The van der Waals surface area contributed by atoms with Gasteiger partial charge < -0.3 is 0 Å². The number of rotatable bonds is 12. The Bertz CT molecular complexity index is 1020. The molecule has 0 aliphatic rings. The largest absolute Gasteiger partial charge is 0.288 e. The van der Waals surface area contributed by atoms with Crippen molar-refractivity contribution in [1.82, 2.24) is 19.5 Å². The van der Waals surface area contributed by atoms with Gasteiger partial charge in [-0.3, -0.25) is 9.36 Å². The minimum Gasteiger partial charge on any atom is -0.288 e. The van der Waals surface area contributed by atoms with Crippen molar-refractivity contribution in [2.45, 2.75) is 55.1 Å². The first-order chi connectivity index (χ1) is 15.1. The van der Waals surface area contributed by atoms with E-state index in [9.17, 15) is 4.79 Å². The van der Waals surface area contributed by atoms with Crippen molar-refractivity contribution in [3.63, 3.8) is 0 Å². The van der Waals surface area contributed by atoms with E-state index < -0.39 is 0 Å². The van der Waals surface area contributed by atoms with Crippen molar-refractivity contribution in [3.05, 3.63) is 57.9 Å². The molecule has 0 bridgehead atoms. The Balaban J connectivity index is 1.66. The predicted octanol–water partition coefficient (Wildman–Crippen LogP) is 6.65. The van der Waals surface area contributed by atoms with Gasteiger partial charge in [0.25, 0.3) is 5.56 Å². The Morgan fingerprint density at radius 3 is 2.35 bits per heavy atom. The Labute approximate surface area is 201 Å². The van der Waals surface area contributed by atoms with Gasteiger partial charge in [-0.05, 0) is 42.5 Å². The molecule has 166 valence electrons. The Kier molecular flexibility index (Phi) is 10.0. The third-order valence-corrected chi connectivity index (χ3v) is 8.70. The predicted molar refractivity (Wildman–Crippen MR) is 136 cm³/mol. The third kappa shape index (κ3) is 7.14. The van der Waals surface area contributed by atoms with Crippen LogP contribution in [0.2, 0.25) is 5.02 Å². The molecule has 0 N–H and O–H groups in total. The molecule has 0 aliphatic heterocycles. The molecule has 9 heteroatoms. The monoisotopic (exact) mass is 494 g/mol.